The SMILES string of the molecule is COc1cccc(-c2cccc(C3(C(O)c4ccc(O[Si](c5ccccc5)(c5ccccc5)C(C)(C)C)cc4)SCCCS3)c2)c1. The molecule has 0 bridgehead atoms. The second-order valence-electron chi connectivity index (χ2n) is 12.8. The van der Waals surface area contributed by atoms with E-state index in [1.807, 2.05) is 35.7 Å². The summed E-state index contributed by atoms with van der Waals surface area (Å²) >= 11 is 3.71. The van der Waals surface area contributed by atoms with Gasteiger partial charge in [0.25, 0.3) is 0 Å². The highest BCUT2D eigenvalue weighted by Crippen LogP contribution is 2.58. The van der Waals surface area contributed by atoms with Crippen molar-refractivity contribution in [1.82, 2.24) is 0 Å². The van der Waals surface area contributed by atoms with Gasteiger partial charge in [0, 0.05) is 0 Å². The van der Waals surface area contributed by atoms with Gasteiger partial charge >= 0.3 is 8.32 Å². The zero-order valence-corrected chi connectivity index (χ0v) is 29.6. The lowest BCUT2D eigenvalue weighted by molar-refractivity contribution is 0.163. The third-order valence-corrected chi connectivity index (χ3v) is 17.2. The molecule has 1 saturated heterocycles. The van der Waals surface area contributed by atoms with Crippen LogP contribution in [0.1, 0.15) is 44.4 Å². The van der Waals surface area contributed by atoms with E-state index in [-0.39, 0.29) is 5.04 Å². The molecule has 5 aromatic carbocycles. The summed E-state index contributed by atoms with van der Waals surface area (Å²) < 4.78 is 12.2. The molecule has 6 rings (SSSR count). The number of methoxy groups -OCH3 is 1. The lowest BCUT2D eigenvalue weighted by atomic mass is 9.96. The van der Waals surface area contributed by atoms with Gasteiger partial charge in [0.15, 0.2) is 0 Å². The fourth-order valence-corrected chi connectivity index (χ4v) is 14.3. The predicted octanol–water partition coefficient (Wildman–Crippen LogP) is 9.06. The number of thioether (sulfide) groups is 2. The molecule has 1 heterocycles. The van der Waals surface area contributed by atoms with Crippen LogP contribution in [0.4, 0.5) is 0 Å². The summed E-state index contributed by atoms with van der Waals surface area (Å²) in [6.45, 7) is 6.87. The molecule has 1 aliphatic heterocycles. The molecule has 236 valence electrons. The summed E-state index contributed by atoms with van der Waals surface area (Å²) in [6, 6.07) is 46.4. The molecule has 46 heavy (non-hydrogen) atoms. The molecule has 0 aromatic heterocycles. The van der Waals surface area contributed by atoms with Gasteiger partial charge in [-0.15, -0.1) is 23.5 Å². The monoisotopic (exact) mass is 662 g/mol. The Morgan fingerprint density at radius 1 is 0.674 bits per heavy atom. The smallest absolute Gasteiger partial charge is 0.319 e. The van der Waals surface area contributed by atoms with Gasteiger partial charge in [0.05, 0.1) is 7.11 Å². The maximum Gasteiger partial charge on any atom is 0.319 e. The Bertz CT molecular complexity index is 1690. The average Bonchev–Trinajstić information content (AvgIpc) is 3.11. The van der Waals surface area contributed by atoms with Crippen LogP contribution in [-0.2, 0) is 4.08 Å². The Morgan fingerprint density at radius 3 is 1.80 bits per heavy atom. The first-order valence-corrected chi connectivity index (χ1v) is 19.8. The molecule has 1 atom stereocenters. The van der Waals surface area contributed by atoms with Gasteiger partial charge in [-0.05, 0) is 85.9 Å². The van der Waals surface area contributed by atoms with E-state index in [9.17, 15) is 5.11 Å². The van der Waals surface area contributed by atoms with Gasteiger partial charge < -0.3 is 14.3 Å². The zero-order valence-electron chi connectivity index (χ0n) is 27.0. The van der Waals surface area contributed by atoms with Crippen LogP contribution < -0.4 is 19.5 Å². The largest absolute Gasteiger partial charge is 0.534 e. The Balaban J connectivity index is 1.36. The van der Waals surface area contributed by atoms with Gasteiger partial charge in [0.1, 0.15) is 21.7 Å². The predicted molar refractivity (Wildman–Crippen MR) is 199 cm³/mol. The molecule has 1 fully saturated rings. The number of rotatable bonds is 9. The van der Waals surface area contributed by atoms with E-state index in [2.05, 4.69) is 142 Å². The van der Waals surface area contributed by atoms with Gasteiger partial charge in [-0.1, -0.05) is 124 Å². The normalized spacial score (nSPS) is 15.6. The maximum absolute atomic E-state index is 12.2. The fraction of sp³-hybridized carbons (Fsp3) is 0.250. The van der Waals surface area contributed by atoms with Crippen LogP contribution in [0, 0.1) is 0 Å². The number of aliphatic hydroxyl groups is 1. The number of benzene rings is 5. The lowest BCUT2D eigenvalue weighted by Crippen LogP contribution is -2.68. The molecule has 1 unspecified atom stereocenters. The van der Waals surface area contributed by atoms with Crippen LogP contribution in [0.25, 0.3) is 11.1 Å². The summed E-state index contributed by atoms with van der Waals surface area (Å²) in [5.74, 6) is 3.66. The molecule has 1 N–H and O–H groups in total. The number of hydrogen-bond acceptors (Lipinski definition) is 5. The van der Waals surface area contributed by atoms with Crippen LogP contribution >= 0.6 is 23.5 Å². The summed E-state index contributed by atoms with van der Waals surface area (Å²) in [4.78, 5) is 0. The maximum atomic E-state index is 12.2. The van der Waals surface area contributed by atoms with E-state index in [1.54, 1.807) is 7.11 Å². The van der Waals surface area contributed by atoms with Crippen LogP contribution in [0.2, 0.25) is 5.04 Å². The van der Waals surface area contributed by atoms with Gasteiger partial charge in [0.2, 0.25) is 0 Å². The third kappa shape index (κ3) is 6.28. The quantitative estimate of drug-likeness (QED) is 0.160. The van der Waals surface area contributed by atoms with Crippen LogP contribution in [0.15, 0.2) is 133 Å². The van der Waals surface area contributed by atoms with Crippen molar-refractivity contribution in [3.05, 3.63) is 145 Å². The first kappa shape index (κ1) is 32.5. The van der Waals surface area contributed by atoms with E-state index in [1.165, 1.54) is 10.4 Å². The van der Waals surface area contributed by atoms with Crippen molar-refractivity contribution in [2.75, 3.05) is 18.6 Å². The van der Waals surface area contributed by atoms with Gasteiger partial charge in [-0.25, -0.2) is 0 Å². The molecule has 0 saturated carbocycles. The van der Waals surface area contributed by atoms with Crippen molar-refractivity contribution in [3.8, 4) is 22.6 Å². The van der Waals surface area contributed by atoms with Gasteiger partial charge in [-0.3, -0.25) is 0 Å². The molecule has 0 aliphatic carbocycles. The van der Waals surface area contributed by atoms with E-state index < -0.39 is 18.5 Å². The van der Waals surface area contributed by atoms with Crippen molar-refractivity contribution < 1.29 is 14.3 Å². The van der Waals surface area contributed by atoms with Crippen molar-refractivity contribution >= 4 is 42.2 Å². The zero-order chi connectivity index (χ0) is 32.2. The Hall–Kier alpha value is -3.42. The highest BCUT2D eigenvalue weighted by molar-refractivity contribution is 8.18. The molecule has 0 amide bonds. The molecule has 6 heteroatoms. The second-order valence-corrected chi connectivity index (χ2v) is 19.9. The third-order valence-electron chi connectivity index (χ3n) is 8.83. The molecule has 0 spiro atoms. The van der Waals surface area contributed by atoms with Crippen molar-refractivity contribution in [1.29, 1.82) is 0 Å². The summed E-state index contributed by atoms with van der Waals surface area (Å²) in [6.07, 6.45) is 0.426. The minimum atomic E-state index is -2.76. The average molecular weight is 663 g/mol. The first-order valence-electron chi connectivity index (χ1n) is 15.9. The number of hydrogen-bond donors (Lipinski definition) is 1. The van der Waals surface area contributed by atoms with E-state index in [4.69, 9.17) is 9.16 Å². The molecule has 3 nitrogen and oxygen atoms in total. The standard InChI is InChI=1S/C40H42O3S2Si/c1-39(2,3)46(36-18-7-5-8-19-36,37-20-9-6-10-21-37)43-34-24-22-30(23-25-34)38(41)40(44-26-13-27-45-40)33-16-11-14-31(28-33)32-15-12-17-35(29-32)42-4/h5-12,14-25,28-29,38,41H,13,26-27H2,1-4H3. The number of ether oxygens (including phenoxy) is 1. The Labute approximate surface area is 283 Å². The summed E-state index contributed by atoms with van der Waals surface area (Å²) in [5, 5.41) is 14.5. The summed E-state index contributed by atoms with van der Waals surface area (Å²) in [7, 11) is -1.06. The molecular formula is C40H42O3S2Si. The Morgan fingerprint density at radius 2 is 1.24 bits per heavy atom. The topological polar surface area (TPSA) is 38.7 Å². The van der Waals surface area contributed by atoms with Crippen molar-refractivity contribution in [2.45, 2.75) is 42.4 Å². The Kier molecular flexibility index (Phi) is 9.71. The van der Waals surface area contributed by atoms with Crippen LogP contribution in [0.3, 0.4) is 0 Å². The highest BCUT2D eigenvalue weighted by Gasteiger charge is 2.52. The second kappa shape index (κ2) is 13.7. The molecule has 0 radical (unpaired) electrons. The van der Waals surface area contributed by atoms with E-state index >= 15 is 0 Å². The molecular weight excluding hydrogens is 621 g/mol. The van der Waals surface area contributed by atoms with Crippen LogP contribution in [-0.4, -0.2) is 32.0 Å². The molecule has 1 aliphatic rings. The van der Waals surface area contributed by atoms with Crippen molar-refractivity contribution in [3.63, 3.8) is 0 Å². The fourth-order valence-electron chi connectivity index (χ4n) is 6.51. The van der Waals surface area contributed by atoms with E-state index in [0.29, 0.717) is 0 Å². The van der Waals surface area contributed by atoms with E-state index in [0.717, 1.165) is 51.7 Å². The number of aliphatic hydroxyl groups excluding tert-OH is 1. The minimum Gasteiger partial charge on any atom is -0.534 e. The summed E-state index contributed by atoms with van der Waals surface area (Å²) in [5.41, 5.74) is 4.23. The van der Waals surface area contributed by atoms with Crippen molar-refractivity contribution in [2.24, 2.45) is 0 Å². The molecule has 5 aromatic rings. The van der Waals surface area contributed by atoms with Crippen LogP contribution in [0.5, 0.6) is 11.5 Å². The lowest BCUT2D eigenvalue weighted by Gasteiger charge is -2.43. The minimum absolute atomic E-state index is 0.138. The first-order chi connectivity index (χ1) is 22.3. The van der Waals surface area contributed by atoms with Gasteiger partial charge in [-0.2, -0.15) is 0 Å². The highest BCUT2D eigenvalue weighted by atomic mass is 32.2.